The summed E-state index contributed by atoms with van der Waals surface area (Å²) in [6.07, 6.45) is -3.70. The van der Waals surface area contributed by atoms with Crippen molar-refractivity contribution in [2.45, 2.75) is 31.9 Å². The minimum atomic E-state index is -4.44. The second-order valence-electron chi connectivity index (χ2n) is 5.49. The van der Waals surface area contributed by atoms with Crippen LogP contribution in [0.4, 0.5) is 13.2 Å². The molecule has 0 bridgehead atoms. The third kappa shape index (κ3) is 1.91. The van der Waals surface area contributed by atoms with Crippen molar-refractivity contribution in [1.29, 1.82) is 0 Å². The Balaban J connectivity index is 2.42. The lowest BCUT2D eigenvalue weighted by Gasteiger charge is -2.20. The number of alkyl halides is 3. The second kappa shape index (κ2) is 3.87. The van der Waals surface area contributed by atoms with Gasteiger partial charge in [-0.25, -0.2) is 0 Å². The summed E-state index contributed by atoms with van der Waals surface area (Å²) in [5.74, 6) is 0. The molecule has 1 aromatic rings. The Labute approximate surface area is 109 Å². The third-order valence-corrected chi connectivity index (χ3v) is 4.32. The molecule has 1 fully saturated rings. The van der Waals surface area contributed by atoms with E-state index in [1.165, 1.54) is 12.1 Å². The molecule has 2 rings (SSSR count). The minimum Gasteiger partial charge on any atom is -0.395 e. The van der Waals surface area contributed by atoms with Gasteiger partial charge in [-0.2, -0.15) is 13.2 Å². The van der Waals surface area contributed by atoms with Crippen LogP contribution in [-0.2, 0) is 11.6 Å². The topological polar surface area (TPSA) is 20.2 Å². The summed E-state index contributed by atoms with van der Waals surface area (Å²) in [4.78, 5) is 0. The summed E-state index contributed by atoms with van der Waals surface area (Å²) < 4.78 is 37.8. The molecule has 1 saturated carbocycles. The lowest BCUT2D eigenvalue weighted by Crippen LogP contribution is -2.19. The molecule has 1 aliphatic rings. The van der Waals surface area contributed by atoms with Crippen LogP contribution in [-0.4, -0.2) is 11.7 Å². The van der Waals surface area contributed by atoms with E-state index < -0.39 is 17.2 Å². The first-order valence-corrected chi connectivity index (χ1v) is 6.00. The van der Waals surface area contributed by atoms with Crippen LogP contribution in [0.15, 0.2) is 18.2 Å². The molecule has 0 saturated heterocycles. The van der Waals surface area contributed by atoms with Gasteiger partial charge in [-0.05, 0) is 29.5 Å². The van der Waals surface area contributed by atoms with Crippen LogP contribution in [0.2, 0.25) is 5.02 Å². The van der Waals surface area contributed by atoms with E-state index in [-0.39, 0.29) is 17.0 Å². The smallest absolute Gasteiger partial charge is 0.395 e. The summed E-state index contributed by atoms with van der Waals surface area (Å²) in [6.45, 7) is 3.88. The van der Waals surface area contributed by atoms with E-state index >= 15 is 0 Å². The Kier molecular flexibility index (Phi) is 2.95. The van der Waals surface area contributed by atoms with Gasteiger partial charge >= 0.3 is 6.18 Å². The second-order valence-corrected chi connectivity index (χ2v) is 5.90. The zero-order chi connectivity index (χ0) is 13.8. The van der Waals surface area contributed by atoms with Gasteiger partial charge in [0.1, 0.15) is 0 Å². The first kappa shape index (κ1) is 13.7. The fraction of sp³-hybridized carbons (Fsp3) is 0.538. The molecule has 1 unspecified atom stereocenters. The standard InChI is InChI=1S/C13H14ClF3O/c1-11(2)6-12(11,7-18)8-3-4-9(10(14)5-8)13(15,16)17/h3-5,18H,6-7H2,1-2H3. The summed E-state index contributed by atoms with van der Waals surface area (Å²) in [5.41, 5.74) is -0.724. The number of rotatable bonds is 2. The lowest BCUT2D eigenvalue weighted by molar-refractivity contribution is -0.137. The Morgan fingerprint density at radius 1 is 1.33 bits per heavy atom. The van der Waals surface area contributed by atoms with Gasteiger partial charge in [0.15, 0.2) is 0 Å². The fourth-order valence-corrected chi connectivity index (χ4v) is 2.89. The number of hydrogen-bond donors (Lipinski definition) is 1. The number of benzene rings is 1. The van der Waals surface area contributed by atoms with Crippen LogP contribution in [0.3, 0.4) is 0 Å². The highest BCUT2D eigenvalue weighted by Crippen LogP contribution is 2.64. The highest BCUT2D eigenvalue weighted by Gasteiger charge is 2.61. The number of hydrogen-bond acceptors (Lipinski definition) is 1. The molecule has 1 nitrogen and oxygen atoms in total. The van der Waals surface area contributed by atoms with Gasteiger partial charge in [-0.15, -0.1) is 0 Å². The molecule has 5 heteroatoms. The van der Waals surface area contributed by atoms with Gasteiger partial charge < -0.3 is 5.11 Å². The lowest BCUT2D eigenvalue weighted by atomic mass is 9.88. The van der Waals surface area contributed by atoms with E-state index in [0.717, 1.165) is 12.5 Å². The Morgan fingerprint density at radius 2 is 1.89 bits per heavy atom. The fourth-order valence-electron chi connectivity index (χ4n) is 2.61. The van der Waals surface area contributed by atoms with Crippen molar-refractivity contribution in [2.75, 3.05) is 6.61 Å². The quantitative estimate of drug-likeness (QED) is 0.866. The van der Waals surface area contributed by atoms with Gasteiger partial charge in [-0.1, -0.05) is 31.5 Å². The molecule has 1 atom stereocenters. The molecule has 0 radical (unpaired) electrons. The van der Waals surface area contributed by atoms with Gasteiger partial charge in [0, 0.05) is 5.41 Å². The monoisotopic (exact) mass is 278 g/mol. The van der Waals surface area contributed by atoms with Crippen LogP contribution in [0.1, 0.15) is 31.4 Å². The van der Waals surface area contributed by atoms with Gasteiger partial charge in [-0.3, -0.25) is 0 Å². The van der Waals surface area contributed by atoms with Crippen molar-refractivity contribution in [3.8, 4) is 0 Å². The summed E-state index contributed by atoms with van der Waals surface area (Å²) in [7, 11) is 0. The molecular weight excluding hydrogens is 265 g/mol. The molecule has 0 spiro atoms. The highest BCUT2D eigenvalue weighted by atomic mass is 35.5. The van der Waals surface area contributed by atoms with Gasteiger partial charge in [0.2, 0.25) is 0 Å². The van der Waals surface area contributed by atoms with E-state index in [1.54, 1.807) is 0 Å². The van der Waals surface area contributed by atoms with Crippen LogP contribution < -0.4 is 0 Å². The van der Waals surface area contributed by atoms with E-state index in [0.29, 0.717) is 5.56 Å². The Morgan fingerprint density at radius 3 is 2.22 bits per heavy atom. The SMILES string of the molecule is CC1(C)CC1(CO)c1ccc(C(F)(F)F)c(Cl)c1. The van der Waals surface area contributed by atoms with Crippen LogP contribution >= 0.6 is 11.6 Å². The highest BCUT2D eigenvalue weighted by molar-refractivity contribution is 6.31. The molecule has 18 heavy (non-hydrogen) atoms. The van der Waals surface area contributed by atoms with E-state index in [9.17, 15) is 18.3 Å². The molecule has 0 aliphatic heterocycles. The molecular formula is C13H14ClF3O. The molecule has 0 amide bonds. The molecule has 0 aromatic heterocycles. The van der Waals surface area contributed by atoms with Crippen molar-refractivity contribution >= 4 is 11.6 Å². The first-order chi connectivity index (χ1) is 8.14. The molecule has 100 valence electrons. The number of aliphatic hydroxyl groups excluding tert-OH is 1. The average Bonchev–Trinajstić information content (AvgIpc) is 2.80. The normalized spacial score (nSPS) is 26.2. The minimum absolute atomic E-state index is 0.0817. The first-order valence-electron chi connectivity index (χ1n) is 5.62. The predicted octanol–water partition coefficient (Wildman–Crippen LogP) is 4.02. The summed E-state index contributed by atoms with van der Waals surface area (Å²) >= 11 is 5.70. The Bertz CT molecular complexity index is 482. The zero-order valence-corrected chi connectivity index (χ0v) is 10.9. The molecule has 0 heterocycles. The van der Waals surface area contributed by atoms with Gasteiger partial charge in [0.05, 0.1) is 17.2 Å². The number of halogens is 4. The van der Waals surface area contributed by atoms with Crippen LogP contribution in [0.5, 0.6) is 0 Å². The van der Waals surface area contributed by atoms with E-state index in [2.05, 4.69) is 0 Å². The zero-order valence-electron chi connectivity index (χ0n) is 10.1. The molecule has 1 aromatic carbocycles. The third-order valence-electron chi connectivity index (χ3n) is 4.01. The predicted molar refractivity (Wildman–Crippen MR) is 63.6 cm³/mol. The largest absolute Gasteiger partial charge is 0.417 e. The van der Waals surface area contributed by atoms with Gasteiger partial charge in [0.25, 0.3) is 0 Å². The van der Waals surface area contributed by atoms with Crippen molar-refractivity contribution in [3.05, 3.63) is 34.3 Å². The van der Waals surface area contributed by atoms with Crippen molar-refractivity contribution in [2.24, 2.45) is 5.41 Å². The van der Waals surface area contributed by atoms with Crippen molar-refractivity contribution < 1.29 is 18.3 Å². The summed E-state index contributed by atoms with van der Waals surface area (Å²) in [5, 5.41) is 9.19. The van der Waals surface area contributed by atoms with Crippen molar-refractivity contribution in [1.82, 2.24) is 0 Å². The molecule has 1 aliphatic carbocycles. The maximum absolute atomic E-state index is 12.6. The van der Waals surface area contributed by atoms with Crippen molar-refractivity contribution in [3.63, 3.8) is 0 Å². The average molecular weight is 279 g/mol. The molecule has 1 N–H and O–H groups in total. The van der Waals surface area contributed by atoms with E-state index in [4.69, 9.17) is 11.6 Å². The Hall–Kier alpha value is -0.740. The maximum atomic E-state index is 12.6. The maximum Gasteiger partial charge on any atom is 0.417 e. The summed E-state index contributed by atoms with van der Waals surface area (Å²) in [6, 6.07) is 3.73. The van der Waals surface area contributed by atoms with Crippen LogP contribution in [0, 0.1) is 5.41 Å². The van der Waals surface area contributed by atoms with Crippen LogP contribution in [0.25, 0.3) is 0 Å². The van der Waals surface area contributed by atoms with E-state index in [1.807, 2.05) is 13.8 Å². The number of aliphatic hydroxyl groups is 1.